The van der Waals surface area contributed by atoms with Crippen LogP contribution in [0.25, 0.3) is 0 Å². The monoisotopic (exact) mass is 301 g/mol. The summed E-state index contributed by atoms with van der Waals surface area (Å²) in [5, 5.41) is 9.48. The number of halogens is 3. The molecule has 1 saturated heterocycles. The smallest absolute Gasteiger partial charge is 0.380 e. The molecule has 1 aliphatic carbocycles. The largest absolute Gasteiger partial charge is 0.417 e. The summed E-state index contributed by atoms with van der Waals surface area (Å²) in [5.41, 5.74) is -2.74. The number of nitrogens with zero attached hydrogens (tertiary/aromatic N) is 1. The van der Waals surface area contributed by atoms with E-state index in [2.05, 4.69) is 0 Å². The molecule has 1 N–H and O–H groups in total. The van der Waals surface area contributed by atoms with E-state index in [0.29, 0.717) is 0 Å². The topological polar surface area (TPSA) is 57.6 Å². The fourth-order valence-electron chi connectivity index (χ4n) is 2.48. The van der Waals surface area contributed by atoms with Crippen molar-refractivity contribution >= 4 is 10.0 Å². The number of hydrogen-bond acceptors (Lipinski definition) is 3. The zero-order valence-corrected chi connectivity index (χ0v) is 11.3. The van der Waals surface area contributed by atoms with Crippen LogP contribution in [0.4, 0.5) is 13.2 Å². The maximum absolute atomic E-state index is 12.6. The highest BCUT2D eigenvalue weighted by Gasteiger charge is 2.55. The standard InChI is InChI=1S/C11H18F3NO3S/c12-11(13,14)10(16)4-6-15(7-5-10)19(17,18)8-9-2-1-3-9/h9,16H,1-8H2. The van der Waals surface area contributed by atoms with E-state index in [1.54, 1.807) is 0 Å². The Hall–Kier alpha value is -0.340. The molecular formula is C11H18F3NO3S. The van der Waals surface area contributed by atoms with Crippen molar-refractivity contribution in [1.29, 1.82) is 0 Å². The van der Waals surface area contributed by atoms with Gasteiger partial charge in [0.15, 0.2) is 5.60 Å². The van der Waals surface area contributed by atoms with E-state index in [1.165, 1.54) is 0 Å². The third-order valence-corrected chi connectivity index (χ3v) is 6.19. The van der Waals surface area contributed by atoms with Gasteiger partial charge in [-0.15, -0.1) is 0 Å². The lowest BCUT2D eigenvalue weighted by molar-refractivity contribution is -0.270. The molecule has 112 valence electrons. The molecule has 0 radical (unpaired) electrons. The first-order chi connectivity index (χ1) is 8.64. The van der Waals surface area contributed by atoms with Crippen LogP contribution in [-0.2, 0) is 10.0 Å². The van der Waals surface area contributed by atoms with Gasteiger partial charge < -0.3 is 5.11 Å². The Morgan fingerprint density at radius 3 is 2.11 bits per heavy atom. The highest BCUT2D eigenvalue weighted by molar-refractivity contribution is 7.89. The molecule has 1 heterocycles. The summed E-state index contributed by atoms with van der Waals surface area (Å²) in [7, 11) is -3.48. The minimum Gasteiger partial charge on any atom is -0.380 e. The van der Waals surface area contributed by atoms with Gasteiger partial charge in [0.05, 0.1) is 5.75 Å². The van der Waals surface area contributed by atoms with Gasteiger partial charge in [-0.05, 0) is 31.6 Å². The van der Waals surface area contributed by atoms with Crippen molar-refractivity contribution in [1.82, 2.24) is 4.31 Å². The number of aliphatic hydroxyl groups is 1. The summed E-state index contributed by atoms with van der Waals surface area (Å²) in [6.45, 7) is -0.518. The zero-order chi connectivity index (χ0) is 14.3. The molecular weight excluding hydrogens is 283 g/mol. The molecule has 0 atom stereocenters. The zero-order valence-electron chi connectivity index (χ0n) is 10.5. The van der Waals surface area contributed by atoms with Crippen molar-refractivity contribution < 1.29 is 26.7 Å². The predicted molar refractivity (Wildman–Crippen MR) is 62.9 cm³/mol. The van der Waals surface area contributed by atoms with Gasteiger partial charge in [0.1, 0.15) is 0 Å². The van der Waals surface area contributed by atoms with Crippen LogP contribution in [0.15, 0.2) is 0 Å². The van der Waals surface area contributed by atoms with E-state index < -0.39 is 34.6 Å². The molecule has 4 nitrogen and oxygen atoms in total. The Labute approximate surface area is 110 Å². The number of hydrogen-bond donors (Lipinski definition) is 1. The number of alkyl halides is 3. The molecule has 0 unspecified atom stereocenters. The molecule has 19 heavy (non-hydrogen) atoms. The van der Waals surface area contributed by atoms with Gasteiger partial charge in [-0.2, -0.15) is 13.2 Å². The van der Waals surface area contributed by atoms with Crippen LogP contribution in [0.2, 0.25) is 0 Å². The summed E-state index contributed by atoms with van der Waals surface area (Å²) in [4.78, 5) is 0. The summed E-state index contributed by atoms with van der Waals surface area (Å²) < 4.78 is 62.9. The summed E-state index contributed by atoms with van der Waals surface area (Å²) >= 11 is 0. The van der Waals surface area contributed by atoms with Crippen LogP contribution in [0.5, 0.6) is 0 Å². The van der Waals surface area contributed by atoms with E-state index >= 15 is 0 Å². The Kier molecular flexibility index (Phi) is 3.88. The maximum Gasteiger partial charge on any atom is 0.417 e. The normalized spacial score (nSPS) is 26.1. The molecule has 0 bridgehead atoms. The molecule has 0 spiro atoms. The molecule has 2 rings (SSSR count). The van der Waals surface area contributed by atoms with Gasteiger partial charge in [0.25, 0.3) is 0 Å². The summed E-state index contributed by atoms with van der Waals surface area (Å²) in [6.07, 6.45) is -3.09. The molecule has 0 amide bonds. The third kappa shape index (κ3) is 3.05. The van der Waals surface area contributed by atoms with Crippen molar-refractivity contribution in [2.45, 2.75) is 43.9 Å². The molecule has 8 heteroatoms. The van der Waals surface area contributed by atoms with Crippen molar-refractivity contribution in [3.8, 4) is 0 Å². The van der Waals surface area contributed by atoms with Crippen molar-refractivity contribution in [2.24, 2.45) is 5.92 Å². The van der Waals surface area contributed by atoms with Gasteiger partial charge >= 0.3 is 6.18 Å². The molecule has 2 aliphatic rings. The van der Waals surface area contributed by atoms with E-state index in [9.17, 15) is 26.7 Å². The quantitative estimate of drug-likeness (QED) is 0.859. The van der Waals surface area contributed by atoms with E-state index in [4.69, 9.17) is 0 Å². The Morgan fingerprint density at radius 1 is 1.21 bits per heavy atom. The summed E-state index contributed by atoms with van der Waals surface area (Å²) in [6, 6.07) is 0. The lowest BCUT2D eigenvalue weighted by atomic mass is 9.87. The van der Waals surface area contributed by atoms with E-state index in [1.807, 2.05) is 0 Å². The van der Waals surface area contributed by atoms with E-state index in [-0.39, 0.29) is 24.8 Å². The lowest BCUT2D eigenvalue weighted by Gasteiger charge is -2.39. The molecule has 0 aromatic heterocycles. The van der Waals surface area contributed by atoms with Gasteiger partial charge in [-0.1, -0.05) is 6.42 Å². The molecule has 1 aliphatic heterocycles. The molecule has 0 aromatic rings. The van der Waals surface area contributed by atoms with Crippen molar-refractivity contribution in [3.05, 3.63) is 0 Å². The fourth-order valence-corrected chi connectivity index (χ4v) is 4.36. The second-order valence-corrected chi connectivity index (χ2v) is 7.52. The van der Waals surface area contributed by atoms with Crippen molar-refractivity contribution in [2.75, 3.05) is 18.8 Å². The second-order valence-electron chi connectivity index (χ2n) is 5.50. The minimum atomic E-state index is -4.70. The van der Waals surface area contributed by atoms with Crippen LogP contribution in [-0.4, -0.2) is 48.4 Å². The highest BCUT2D eigenvalue weighted by atomic mass is 32.2. The average Bonchev–Trinajstić information content (AvgIpc) is 2.23. The van der Waals surface area contributed by atoms with Crippen molar-refractivity contribution in [3.63, 3.8) is 0 Å². The first-order valence-corrected chi connectivity index (χ1v) is 8.02. The molecule has 0 aromatic carbocycles. The first-order valence-electron chi connectivity index (χ1n) is 6.41. The van der Waals surface area contributed by atoms with Crippen LogP contribution >= 0.6 is 0 Å². The minimum absolute atomic E-state index is 0.0252. The Balaban J connectivity index is 1.95. The predicted octanol–water partition coefficient (Wildman–Crippen LogP) is 1.51. The van der Waals surface area contributed by atoms with Crippen LogP contribution < -0.4 is 0 Å². The van der Waals surface area contributed by atoms with Gasteiger partial charge in [-0.3, -0.25) is 0 Å². The van der Waals surface area contributed by atoms with Crippen LogP contribution in [0.3, 0.4) is 0 Å². The van der Waals surface area contributed by atoms with Crippen LogP contribution in [0.1, 0.15) is 32.1 Å². The Bertz CT molecular complexity index is 423. The van der Waals surface area contributed by atoms with Gasteiger partial charge in [-0.25, -0.2) is 12.7 Å². The number of rotatable bonds is 3. The molecule has 2 fully saturated rings. The Morgan fingerprint density at radius 2 is 1.74 bits per heavy atom. The average molecular weight is 301 g/mol. The third-order valence-electron chi connectivity index (χ3n) is 4.14. The fraction of sp³-hybridized carbons (Fsp3) is 1.00. The summed E-state index contributed by atoms with van der Waals surface area (Å²) in [5.74, 6) is 0.172. The lowest BCUT2D eigenvalue weighted by Crippen LogP contribution is -2.54. The van der Waals surface area contributed by atoms with Gasteiger partial charge in [0, 0.05) is 13.1 Å². The maximum atomic E-state index is 12.6. The number of sulfonamides is 1. The SMILES string of the molecule is O=S(=O)(CC1CCC1)N1CCC(O)(C(F)(F)F)CC1. The second kappa shape index (κ2) is 4.89. The highest BCUT2D eigenvalue weighted by Crippen LogP contribution is 2.39. The van der Waals surface area contributed by atoms with E-state index in [0.717, 1.165) is 23.6 Å². The number of piperidine rings is 1. The van der Waals surface area contributed by atoms with Gasteiger partial charge in [0.2, 0.25) is 10.0 Å². The molecule has 1 saturated carbocycles. The first kappa shape index (κ1) is 15.1. The van der Waals surface area contributed by atoms with Crippen LogP contribution in [0, 0.1) is 5.92 Å².